The molecule has 0 atom stereocenters. The van der Waals surface area contributed by atoms with Gasteiger partial charge in [0, 0.05) is 48.6 Å². The highest BCUT2D eigenvalue weighted by atomic mass is 16.1. The summed E-state index contributed by atoms with van der Waals surface area (Å²) in [6.07, 6.45) is 2.86. The molecular weight excluding hydrogens is 482 g/mol. The molecule has 3 aromatic rings. The number of hydrogen-bond donors (Lipinski definition) is 5. The molecule has 1 fully saturated rings. The van der Waals surface area contributed by atoms with Crippen molar-refractivity contribution in [3.63, 3.8) is 0 Å². The third-order valence-corrected chi connectivity index (χ3v) is 6.40. The number of allylic oxidation sites excluding steroid dienone is 1. The molecule has 12 nitrogen and oxygen atoms in total. The van der Waals surface area contributed by atoms with E-state index in [4.69, 9.17) is 21.9 Å². The normalized spacial score (nSPS) is 15.0. The maximum absolute atomic E-state index is 12.9. The van der Waals surface area contributed by atoms with Gasteiger partial charge in [0.1, 0.15) is 23.2 Å². The fourth-order valence-corrected chi connectivity index (χ4v) is 3.83. The second kappa shape index (κ2) is 10.6. The van der Waals surface area contributed by atoms with Crippen molar-refractivity contribution in [3.05, 3.63) is 47.6 Å². The molecule has 0 radical (unpaired) electrons. The molecular formula is C26H35N11O. The summed E-state index contributed by atoms with van der Waals surface area (Å²) in [7, 11) is 2.08. The molecule has 0 saturated carbocycles. The summed E-state index contributed by atoms with van der Waals surface area (Å²) < 4.78 is 0. The van der Waals surface area contributed by atoms with Gasteiger partial charge < -0.3 is 37.3 Å². The van der Waals surface area contributed by atoms with Crippen LogP contribution in [0.1, 0.15) is 36.7 Å². The summed E-state index contributed by atoms with van der Waals surface area (Å²) in [5.41, 5.74) is 15.1. The van der Waals surface area contributed by atoms with Crippen molar-refractivity contribution in [3.8, 4) is 0 Å². The molecule has 0 spiro atoms. The van der Waals surface area contributed by atoms with E-state index < -0.39 is 0 Å². The van der Waals surface area contributed by atoms with Gasteiger partial charge >= 0.3 is 0 Å². The van der Waals surface area contributed by atoms with Gasteiger partial charge in [0.05, 0.1) is 0 Å². The lowest BCUT2D eigenvalue weighted by Gasteiger charge is -2.32. The third-order valence-electron chi connectivity index (χ3n) is 6.40. The van der Waals surface area contributed by atoms with Crippen molar-refractivity contribution in [1.82, 2.24) is 30.2 Å². The van der Waals surface area contributed by atoms with E-state index in [2.05, 4.69) is 42.4 Å². The Kier molecular flexibility index (Phi) is 7.44. The Bertz CT molecular complexity index is 1400. The summed E-state index contributed by atoms with van der Waals surface area (Å²) in [6.45, 7) is 11.0. The van der Waals surface area contributed by atoms with Gasteiger partial charge in [-0.15, -0.1) is 0 Å². The lowest BCUT2D eigenvalue weighted by molar-refractivity contribution is 0.0965. The van der Waals surface area contributed by atoms with Crippen molar-refractivity contribution < 1.29 is 4.79 Å². The molecule has 1 aliphatic heterocycles. The number of aryl methyl sites for hydroxylation is 1. The van der Waals surface area contributed by atoms with Crippen molar-refractivity contribution in [2.24, 2.45) is 11.1 Å². The predicted octanol–water partition coefficient (Wildman–Crippen LogP) is 2.40. The highest BCUT2D eigenvalue weighted by Gasteiger charge is 2.20. The minimum absolute atomic E-state index is 0.107. The van der Waals surface area contributed by atoms with Crippen molar-refractivity contribution in [2.45, 2.75) is 27.7 Å². The first kappa shape index (κ1) is 26.7. The van der Waals surface area contributed by atoms with Crippen LogP contribution in [0.25, 0.3) is 11.0 Å². The molecule has 1 amide bonds. The van der Waals surface area contributed by atoms with Crippen LogP contribution in [-0.4, -0.2) is 69.7 Å². The second-order valence-corrected chi connectivity index (χ2v) is 10.5. The number of carbonyl (C=O) groups is 1. The maximum Gasteiger partial charge on any atom is 0.256 e. The Balaban J connectivity index is 1.61. The molecule has 200 valence electrons. The molecule has 7 N–H and O–H groups in total. The highest BCUT2D eigenvalue weighted by Crippen LogP contribution is 2.28. The van der Waals surface area contributed by atoms with Crippen LogP contribution in [0.4, 0.5) is 23.3 Å². The van der Waals surface area contributed by atoms with Gasteiger partial charge in [0.2, 0.25) is 5.95 Å². The number of hydrogen-bond acceptors (Lipinski definition) is 11. The summed E-state index contributed by atoms with van der Waals surface area (Å²) in [4.78, 5) is 35.2. The first-order chi connectivity index (χ1) is 17.9. The molecule has 12 heteroatoms. The zero-order chi connectivity index (χ0) is 27.6. The number of nitrogens with one attached hydrogen (secondary N) is 3. The number of nitrogens with zero attached hydrogens (tertiary/aromatic N) is 6. The van der Waals surface area contributed by atoms with E-state index in [0.29, 0.717) is 39.8 Å². The first-order valence-corrected chi connectivity index (χ1v) is 12.4. The number of amides is 1. The van der Waals surface area contributed by atoms with Crippen LogP contribution in [0.15, 0.2) is 36.4 Å². The maximum atomic E-state index is 12.9. The predicted molar refractivity (Wildman–Crippen MR) is 151 cm³/mol. The van der Waals surface area contributed by atoms with Crippen molar-refractivity contribution >= 4 is 45.9 Å². The number of likely N-dealkylation sites (N-methyl/N-ethyl adjacent to an activating group) is 1. The first-order valence-electron chi connectivity index (χ1n) is 12.4. The monoisotopic (exact) mass is 517 g/mol. The average Bonchev–Trinajstić information content (AvgIpc) is 2.85. The number of fused-ring (bicyclic) bond motifs is 1. The molecule has 1 aromatic carbocycles. The summed E-state index contributed by atoms with van der Waals surface area (Å²) >= 11 is 0. The molecule has 3 heterocycles. The Morgan fingerprint density at radius 1 is 1.11 bits per heavy atom. The van der Waals surface area contributed by atoms with Crippen LogP contribution in [0, 0.1) is 17.7 Å². The molecule has 4 rings (SSSR count). The van der Waals surface area contributed by atoms with E-state index in [1.165, 1.54) is 12.4 Å². The number of piperazine rings is 1. The van der Waals surface area contributed by atoms with Gasteiger partial charge in [-0.1, -0.05) is 26.8 Å². The van der Waals surface area contributed by atoms with E-state index in [0.717, 1.165) is 31.7 Å². The van der Waals surface area contributed by atoms with Gasteiger partial charge in [0.15, 0.2) is 11.6 Å². The van der Waals surface area contributed by atoms with E-state index in [1.807, 2.05) is 33.8 Å². The highest BCUT2D eigenvalue weighted by molar-refractivity contribution is 6.00. The van der Waals surface area contributed by atoms with E-state index in [1.54, 1.807) is 12.1 Å². The quantitative estimate of drug-likeness (QED) is 0.305. The lowest BCUT2D eigenvalue weighted by Crippen LogP contribution is -2.45. The Morgan fingerprint density at radius 2 is 1.82 bits per heavy atom. The number of nitrogen functional groups attached to an aromatic ring is 1. The number of anilines is 4. The van der Waals surface area contributed by atoms with E-state index >= 15 is 0 Å². The van der Waals surface area contributed by atoms with E-state index in [-0.39, 0.29) is 23.0 Å². The van der Waals surface area contributed by atoms with Crippen LogP contribution < -0.4 is 27.0 Å². The molecule has 1 saturated heterocycles. The number of nitrogens with two attached hydrogens (primary N) is 2. The SMILES string of the molecule is Cc1ccc(C(=O)N/C(N)=C/C(=N)C(C)(C)C)cc1Nc1ncnc2c(N)nc(N3CCN(C)CC3)nc12. The fourth-order valence-electron chi connectivity index (χ4n) is 3.83. The zero-order valence-electron chi connectivity index (χ0n) is 22.5. The molecule has 1 aliphatic rings. The molecule has 0 aliphatic carbocycles. The molecule has 0 unspecified atom stereocenters. The smallest absolute Gasteiger partial charge is 0.256 e. The minimum Gasteiger partial charge on any atom is -0.385 e. The van der Waals surface area contributed by atoms with Gasteiger partial charge in [-0.2, -0.15) is 4.98 Å². The summed E-state index contributed by atoms with van der Waals surface area (Å²) in [5, 5.41) is 14.1. The largest absolute Gasteiger partial charge is 0.385 e. The Labute approximate surface area is 222 Å². The lowest BCUT2D eigenvalue weighted by atomic mass is 9.90. The zero-order valence-corrected chi connectivity index (χ0v) is 22.5. The van der Waals surface area contributed by atoms with Gasteiger partial charge in [-0.3, -0.25) is 4.79 Å². The molecule has 0 bridgehead atoms. The van der Waals surface area contributed by atoms with Crippen LogP contribution >= 0.6 is 0 Å². The fraction of sp³-hybridized carbons (Fsp3) is 0.385. The minimum atomic E-state index is -0.389. The number of benzene rings is 1. The number of aromatic nitrogens is 4. The van der Waals surface area contributed by atoms with Crippen LogP contribution in [0.5, 0.6) is 0 Å². The molecule has 38 heavy (non-hydrogen) atoms. The van der Waals surface area contributed by atoms with Gasteiger partial charge in [-0.25, -0.2) is 15.0 Å². The number of carbonyl (C=O) groups excluding carboxylic acids is 1. The van der Waals surface area contributed by atoms with Gasteiger partial charge in [0.25, 0.3) is 5.91 Å². The molecule has 2 aromatic heterocycles. The van der Waals surface area contributed by atoms with Crippen LogP contribution in [0.3, 0.4) is 0 Å². The topological polar surface area (TPSA) is 175 Å². The van der Waals surface area contributed by atoms with Crippen LogP contribution in [0.2, 0.25) is 0 Å². The summed E-state index contributed by atoms with van der Waals surface area (Å²) in [5.74, 6) is 0.991. The van der Waals surface area contributed by atoms with Crippen molar-refractivity contribution in [1.29, 1.82) is 5.41 Å². The third kappa shape index (κ3) is 5.97. The van der Waals surface area contributed by atoms with E-state index in [9.17, 15) is 4.79 Å². The number of rotatable bonds is 6. The standard InChI is InChI=1S/C26H35N11O/c1-15-6-7-16(24(38)33-19(28)13-18(27)26(2,3)4)12-17(15)32-23-21-20(30-14-31-23)22(29)35-25(34-21)37-10-8-36(5)9-11-37/h6-7,12-14,27H,8-11,28H2,1-5H3,(H,33,38)(H2,29,34,35)(H,30,31,32)/b19-13+,27-18?. The Morgan fingerprint density at radius 3 is 2.50 bits per heavy atom. The van der Waals surface area contributed by atoms with Gasteiger partial charge in [-0.05, 0) is 37.7 Å². The van der Waals surface area contributed by atoms with Crippen LogP contribution in [-0.2, 0) is 0 Å². The van der Waals surface area contributed by atoms with Crippen molar-refractivity contribution in [2.75, 3.05) is 49.2 Å². The Hall–Kier alpha value is -4.32. The summed E-state index contributed by atoms with van der Waals surface area (Å²) in [6, 6.07) is 5.26. The second-order valence-electron chi connectivity index (χ2n) is 10.5. The average molecular weight is 518 g/mol.